The molecule has 92 valence electrons. The Labute approximate surface area is 105 Å². The molecule has 6 heteroatoms. The van der Waals surface area contributed by atoms with Gasteiger partial charge in [-0.1, -0.05) is 0 Å². The second-order valence-electron chi connectivity index (χ2n) is 4.81. The van der Waals surface area contributed by atoms with Gasteiger partial charge in [0.05, 0.1) is 6.33 Å². The van der Waals surface area contributed by atoms with E-state index in [4.69, 9.17) is 0 Å². The summed E-state index contributed by atoms with van der Waals surface area (Å²) in [6.07, 6.45) is 3.21. The van der Waals surface area contributed by atoms with Crippen LogP contribution < -0.4 is 5.32 Å². The smallest absolute Gasteiger partial charge is 0.181 e. The van der Waals surface area contributed by atoms with Crippen molar-refractivity contribution in [2.45, 2.75) is 31.3 Å². The van der Waals surface area contributed by atoms with Crippen LogP contribution in [-0.4, -0.2) is 37.8 Å². The molecule has 2 heterocycles. The van der Waals surface area contributed by atoms with Crippen LogP contribution in [0, 0.1) is 0 Å². The lowest BCUT2D eigenvalue weighted by Crippen LogP contribution is -2.37. The summed E-state index contributed by atoms with van der Waals surface area (Å²) in [4.78, 5) is 15.5. The van der Waals surface area contributed by atoms with Crippen molar-refractivity contribution in [2.75, 3.05) is 12.3 Å². The molecule has 5 nitrogen and oxygen atoms in total. The summed E-state index contributed by atoms with van der Waals surface area (Å²) in [5.41, 5.74) is 1.81. The molecule has 2 rings (SSSR count). The standard InChI is InChI=1S/C11H17N5S/c1-11(2,3)16-4-5-17-10-8-9(13-6-12-8)14-7-15-10/h6-7,16H,4-5H2,1-3H3,(H,12,13,14,15). The van der Waals surface area contributed by atoms with Crippen LogP contribution >= 0.6 is 11.8 Å². The van der Waals surface area contributed by atoms with Crippen molar-refractivity contribution in [3.8, 4) is 0 Å². The zero-order valence-electron chi connectivity index (χ0n) is 10.3. The Morgan fingerprint density at radius 2 is 2.12 bits per heavy atom. The molecule has 0 radical (unpaired) electrons. The number of H-pyrrole nitrogens is 1. The fraction of sp³-hybridized carbons (Fsp3) is 0.545. The summed E-state index contributed by atoms with van der Waals surface area (Å²) >= 11 is 1.71. The van der Waals surface area contributed by atoms with E-state index in [1.54, 1.807) is 24.4 Å². The van der Waals surface area contributed by atoms with Crippen LogP contribution in [0.3, 0.4) is 0 Å². The van der Waals surface area contributed by atoms with Gasteiger partial charge in [-0.05, 0) is 20.8 Å². The topological polar surface area (TPSA) is 66.5 Å². The molecule has 0 bridgehead atoms. The van der Waals surface area contributed by atoms with Gasteiger partial charge in [0.25, 0.3) is 0 Å². The number of rotatable bonds is 4. The van der Waals surface area contributed by atoms with Gasteiger partial charge in [-0.15, -0.1) is 11.8 Å². The molecular weight excluding hydrogens is 234 g/mol. The fourth-order valence-corrected chi connectivity index (χ4v) is 2.24. The van der Waals surface area contributed by atoms with Crippen molar-refractivity contribution < 1.29 is 0 Å². The summed E-state index contributed by atoms with van der Waals surface area (Å²) in [5.74, 6) is 0.975. The first-order chi connectivity index (χ1) is 8.06. The molecule has 0 saturated heterocycles. The van der Waals surface area contributed by atoms with Crippen LogP contribution in [0.4, 0.5) is 0 Å². The normalized spacial score (nSPS) is 12.2. The molecule has 17 heavy (non-hydrogen) atoms. The Balaban J connectivity index is 1.93. The van der Waals surface area contributed by atoms with E-state index < -0.39 is 0 Å². The molecule has 2 N–H and O–H groups in total. The van der Waals surface area contributed by atoms with Crippen LogP contribution in [0.2, 0.25) is 0 Å². The monoisotopic (exact) mass is 251 g/mol. The van der Waals surface area contributed by atoms with Gasteiger partial charge in [-0.3, -0.25) is 0 Å². The third-order valence-corrected chi connectivity index (χ3v) is 3.18. The van der Waals surface area contributed by atoms with E-state index in [0.29, 0.717) is 0 Å². The SMILES string of the molecule is CC(C)(C)NCCSc1ncnc2nc[nH]c12. The van der Waals surface area contributed by atoms with Gasteiger partial charge in [0.15, 0.2) is 5.65 Å². The first-order valence-electron chi connectivity index (χ1n) is 5.58. The molecule has 0 atom stereocenters. The predicted octanol–water partition coefficient (Wildman–Crippen LogP) is 1.83. The maximum absolute atomic E-state index is 4.27. The Morgan fingerprint density at radius 3 is 2.88 bits per heavy atom. The minimum absolute atomic E-state index is 0.162. The number of nitrogens with one attached hydrogen (secondary N) is 2. The van der Waals surface area contributed by atoms with Gasteiger partial charge in [-0.25, -0.2) is 15.0 Å². The quantitative estimate of drug-likeness (QED) is 0.493. The molecule has 0 aliphatic carbocycles. The second-order valence-corrected chi connectivity index (χ2v) is 5.89. The number of hydrogen-bond acceptors (Lipinski definition) is 5. The number of imidazole rings is 1. The lowest BCUT2D eigenvalue weighted by molar-refractivity contribution is 0.441. The van der Waals surface area contributed by atoms with Crippen molar-refractivity contribution >= 4 is 22.9 Å². The highest BCUT2D eigenvalue weighted by atomic mass is 32.2. The van der Waals surface area contributed by atoms with Crippen LogP contribution in [0.5, 0.6) is 0 Å². The van der Waals surface area contributed by atoms with Gasteiger partial charge in [0.1, 0.15) is 16.9 Å². The van der Waals surface area contributed by atoms with Gasteiger partial charge in [0.2, 0.25) is 0 Å². The molecule has 2 aromatic heterocycles. The van der Waals surface area contributed by atoms with Gasteiger partial charge < -0.3 is 10.3 Å². The maximum Gasteiger partial charge on any atom is 0.181 e. The lowest BCUT2D eigenvalue weighted by atomic mass is 10.1. The molecule has 0 fully saturated rings. The van der Waals surface area contributed by atoms with Crippen molar-refractivity contribution in [3.05, 3.63) is 12.7 Å². The number of aromatic nitrogens is 4. The van der Waals surface area contributed by atoms with E-state index in [0.717, 1.165) is 28.5 Å². The third kappa shape index (κ3) is 3.41. The van der Waals surface area contributed by atoms with Gasteiger partial charge >= 0.3 is 0 Å². The van der Waals surface area contributed by atoms with Crippen LogP contribution in [0.25, 0.3) is 11.2 Å². The highest BCUT2D eigenvalue weighted by Gasteiger charge is 2.09. The number of nitrogens with zero attached hydrogens (tertiary/aromatic N) is 3. The Kier molecular flexibility index (Phi) is 3.63. The molecular formula is C11H17N5S. The van der Waals surface area contributed by atoms with Crippen molar-refractivity contribution in [1.29, 1.82) is 0 Å². The number of thioether (sulfide) groups is 1. The highest BCUT2D eigenvalue weighted by Crippen LogP contribution is 2.21. The van der Waals surface area contributed by atoms with E-state index in [2.05, 4.69) is 46.0 Å². The van der Waals surface area contributed by atoms with E-state index in [-0.39, 0.29) is 5.54 Å². The fourth-order valence-electron chi connectivity index (χ4n) is 1.43. The van der Waals surface area contributed by atoms with Crippen LogP contribution in [0.1, 0.15) is 20.8 Å². The molecule has 0 aliphatic heterocycles. The molecule has 0 aromatic carbocycles. The lowest BCUT2D eigenvalue weighted by Gasteiger charge is -2.20. The molecule has 0 amide bonds. The maximum atomic E-state index is 4.27. The van der Waals surface area contributed by atoms with Gasteiger partial charge in [0, 0.05) is 17.8 Å². The molecule has 2 aromatic rings. The Morgan fingerprint density at radius 1 is 1.29 bits per heavy atom. The summed E-state index contributed by atoms with van der Waals surface area (Å²) in [5, 5.41) is 4.41. The molecule has 0 saturated carbocycles. The number of fused-ring (bicyclic) bond motifs is 1. The minimum atomic E-state index is 0.162. The largest absolute Gasteiger partial charge is 0.341 e. The zero-order valence-corrected chi connectivity index (χ0v) is 11.1. The summed E-state index contributed by atoms with van der Waals surface area (Å²) < 4.78 is 0. The molecule has 0 spiro atoms. The average Bonchev–Trinajstić information content (AvgIpc) is 2.71. The zero-order chi connectivity index (χ0) is 12.3. The van der Waals surface area contributed by atoms with Gasteiger partial charge in [-0.2, -0.15) is 0 Å². The average molecular weight is 251 g/mol. The first-order valence-corrected chi connectivity index (χ1v) is 6.57. The second kappa shape index (κ2) is 5.01. The van der Waals surface area contributed by atoms with E-state index in [1.165, 1.54) is 0 Å². The van der Waals surface area contributed by atoms with E-state index in [9.17, 15) is 0 Å². The van der Waals surface area contributed by atoms with Crippen molar-refractivity contribution in [1.82, 2.24) is 25.3 Å². The first kappa shape index (κ1) is 12.3. The van der Waals surface area contributed by atoms with E-state index in [1.807, 2.05) is 0 Å². The molecule has 0 aliphatic rings. The Hall–Kier alpha value is -1.14. The van der Waals surface area contributed by atoms with Crippen molar-refractivity contribution in [3.63, 3.8) is 0 Å². The summed E-state index contributed by atoms with van der Waals surface area (Å²) in [6.45, 7) is 7.44. The van der Waals surface area contributed by atoms with Crippen molar-refractivity contribution in [2.24, 2.45) is 0 Å². The summed E-state index contributed by atoms with van der Waals surface area (Å²) in [6, 6.07) is 0. The number of hydrogen-bond donors (Lipinski definition) is 2. The predicted molar refractivity (Wildman–Crippen MR) is 70.2 cm³/mol. The van der Waals surface area contributed by atoms with Crippen LogP contribution in [0.15, 0.2) is 17.7 Å². The summed E-state index contributed by atoms with van der Waals surface area (Å²) in [7, 11) is 0. The highest BCUT2D eigenvalue weighted by molar-refractivity contribution is 7.99. The Bertz CT molecular complexity index is 488. The minimum Gasteiger partial charge on any atom is -0.341 e. The third-order valence-electron chi connectivity index (χ3n) is 2.18. The van der Waals surface area contributed by atoms with E-state index >= 15 is 0 Å². The number of aromatic amines is 1. The van der Waals surface area contributed by atoms with Crippen LogP contribution in [-0.2, 0) is 0 Å². The molecule has 0 unspecified atom stereocenters.